The molecule has 1 saturated carbocycles. The van der Waals surface area contributed by atoms with Crippen LogP contribution < -0.4 is 0 Å². The van der Waals surface area contributed by atoms with Gasteiger partial charge < -0.3 is 5.11 Å². The number of aromatic nitrogens is 1. The zero-order valence-electron chi connectivity index (χ0n) is 9.16. The van der Waals surface area contributed by atoms with Crippen molar-refractivity contribution in [3.63, 3.8) is 0 Å². The number of rotatable bonds is 3. The number of nitrogens with zero attached hydrogens (tertiary/aromatic N) is 1. The monoisotopic (exact) mass is 239 g/mol. The van der Waals surface area contributed by atoms with Gasteiger partial charge in [-0.05, 0) is 30.9 Å². The highest BCUT2D eigenvalue weighted by atomic mass is 35.5. The Morgan fingerprint density at radius 2 is 2.31 bits per heavy atom. The Balaban J connectivity index is 2.33. The standard InChI is InChI=1S/C12H14ClNO2/c1-8-5-9(7-14-11(8)13)12(3-2-4-12)6-10(15)16/h5,7H,2-4,6H2,1H3,(H,15,16). The third-order valence-electron chi connectivity index (χ3n) is 3.43. The van der Waals surface area contributed by atoms with Gasteiger partial charge in [-0.15, -0.1) is 0 Å². The maximum Gasteiger partial charge on any atom is 0.304 e. The summed E-state index contributed by atoms with van der Waals surface area (Å²) in [5, 5.41) is 9.45. The molecule has 1 aromatic heterocycles. The molecule has 1 heterocycles. The average Bonchev–Trinajstić information content (AvgIpc) is 2.16. The number of aryl methyl sites for hydroxylation is 1. The molecule has 0 atom stereocenters. The van der Waals surface area contributed by atoms with Crippen LogP contribution in [-0.2, 0) is 10.2 Å². The van der Waals surface area contributed by atoms with Crippen LogP contribution >= 0.6 is 11.6 Å². The van der Waals surface area contributed by atoms with Crippen LogP contribution in [0.1, 0.15) is 36.8 Å². The van der Waals surface area contributed by atoms with Crippen LogP contribution in [0.25, 0.3) is 0 Å². The van der Waals surface area contributed by atoms with E-state index in [9.17, 15) is 4.79 Å². The number of hydrogen-bond donors (Lipinski definition) is 1. The van der Waals surface area contributed by atoms with Crippen molar-refractivity contribution in [3.05, 3.63) is 28.5 Å². The van der Waals surface area contributed by atoms with E-state index >= 15 is 0 Å². The zero-order valence-corrected chi connectivity index (χ0v) is 9.92. The van der Waals surface area contributed by atoms with Crippen molar-refractivity contribution in [3.8, 4) is 0 Å². The van der Waals surface area contributed by atoms with E-state index in [1.807, 2.05) is 13.0 Å². The van der Waals surface area contributed by atoms with Gasteiger partial charge in [0.25, 0.3) is 0 Å². The quantitative estimate of drug-likeness (QED) is 0.825. The Labute approximate surface area is 99.5 Å². The Morgan fingerprint density at radius 3 is 2.75 bits per heavy atom. The first-order valence-corrected chi connectivity index (χ1v) is 5.76. The molecule has 0 bridgehead atoms. The Morgan fingerprint density at radius 1 is 1.62 bits per heavy atom. The van der Waals surface area contributed by atoms with Gasteiger partial charge in [0.05, 0.1) is 6.42 Å². The van der Waals surface area contributed by atoms with Crippen LogP contribution in [0, 0.1) is 6.92 Å². The van der Waals surface area contributed by atoms with Gasteiger partial charge in [0, 0.05) is 11.6 Å². The molecule has 1 fully saturated rings. The summed E-state index contributed by atoms with van der Waals surface area (Å²) in [6.45, 7) is 1.89. The normalized spacial score (nSPS) is 17.9. The Kier molecular flexibility index (Phi) is 2.89. The predicted molar refractivity (Wildman–Crippen MR) is 61.8 cm³/mol. The first-order chi connectivity index (χ1) is 7.53. The Bertz CT molecular complexity index is 427. The van der Waals surface area contributed by atoms with Gasteiger partial charge in [0.1, 0.15) is 5.15 Å². The summed E-state index contributed by atoms with van der Waals surface area (Å²) in [6, 6.07) is 1.97. The van der Waals surface area contributed by atoms with Gasteiger partial charge in [-0.2, -0.15) is 0 Å². The number of aliphatic carboxylic acids is 1. The summed E-state index contributed by atoms with van der Waals surface area (Å²) < 4.78 is 0. The fourth-order valence-corrected chi connectivity index (χ4v) is 2.41. The largest absolute Gasteiger partial charge is 0.481 e. The molecular weight excluding hydrogens is 226 g/mol. The van der Waals surface area contributed by atoms with Crippen LogP contribution in [-0.4, -0.2) is 16.1 Å². The second-order valence-corrected chi connectivity index (χ2v) is 4.89. The molecule has 2 rings (SSSR count). The number of carboxylic acids is 1. The summed E-state index contributed by atoms with van der Waals surface area (Å²) in [4.78, 5) is 15.0. The summed E-state index contributed by atoms with van der Waals surface area (Å²) in [5.41, 5.74) is 1.73. The van der Waals surface area contributed by atoms with Crippen molar-refractivity contribution >= 4 is 17.6 Å². The van der Waals surface area contributed by atoms with Crippen molar-refractivity contribution in [2.75, 3.05) is 0 Å². The third kappa shape index (κ3) is 1.92. The molecule has 1 aliphatic rings. The van der Waals surface area contributed by atoms with Crippen LogP contribution in [0.5, 0.6) is 0 Å². The zero-order chi connectivity index (χ0) is 11.8. The molecule has 0 saturated heterocycles. The summed E-state index contributed by atoms with van der Waals surface area (Å²) in [6.07, 6.45) is 4.87. The lowest BCUT2D eigenvalue weighted by atomic mass is 9.63. The highest BCUT2D eigenvalue weighted by Gasteiger charge is 2.40. The molecule has 3 nitrogen and oxygen atoms in total. The van der Waals surface area contributed by atoms with Crippen LogP contribution in [0.2, 0.25) is 5.15 Å². The lowest BCUT2D eigenvalue weighted by Crippen LogP contribution is -2.36. The van der Waals surface area contributed by atoms with Crippen molar-refractivity contribution in [2.45, 2.75) is 38.0 Å². The SMILES string of the molecule is Cc1cc(C2(CC(=O)O)CCC2)cnc1Cl. The van der Waals surface area contributed by atoms with E-state index in [1.165, 1.54) is 0 Å². The average molecular weight is 240 g/mol. The highest BCUT2D eigenvalue weighted by molar-refractivity contribution is 6.30. The molecule has 0 spiro atoms. The van der Waals surface area contributed by atoms with E-state index in [-0.39, 0.29) is 11.8 Å². The minimum atomic E-state index is -0.743. The third-order valence-corrected chi connectivity index (χ3v) is 3.82. The molecule has 16 heavy (non-hydrogen) atoms. The van der Waals surface area contributed by atoms with Crippen LogP contribution in [0.3, 0.4) is 0 Å². The molecule has 0 unspecified atom stereocenters. The smallest absolute Gasteiger partial charge is 0.304 e. The van der Waals surface area contributed by atoms with Crippen LogP contribution in [0.15, 0.2) is 12.3 Å². The maximum absolute atomic E-state index is 10.9. The summed E-state index contributed by atoms with van der Waals surface area (Å²) >= 11 is 5.87. The van der Waals surface area contributed by atoms with Gasteiger partial charge >= 0.3 is 5.97 Å². The molecule has 4 heteroatoms. The van der Waals surface area contributed by atoms with E-state index in [0.717, 1.165) is 30.4 Å². The Hall–Kier alpha value is -1.09. The second kappa shape index (κ2) is 4.06. The minimum Gasteiger partial charge on any atom is -0.481 e. The fourth-order valence-electron chi connectivity index (χ4n) is 2.31. The van der Waals surface area contributed by atoms with Gasteiger partial charge in [-0.3, -0.25) is 4.79 Å². The number of pyridine rings is 1. The molecular formula is C12H14ClNO2. The first kappa shape index (κ1) is 11.4. The molecule has 0 radical (unpaired) electrons. The summed E-state index contributed by atoms with van der Waals surface area (Å²) in [7, 11) is 0. The van der Waals surface area contributed by atoms with Gasteiger partial charge in [-0.25, -0.2) is 4.98 Å². The topological polar surface area (TPSA) is 50.2 Å². The van der Waals surface area contributed by atoms with Gasteiger partial charge in [-0.1, -0.05) is 24.1 Å². The molecule has 86 valence electrons. The van der Waals surface area contributed by atoms with E-state index in [1.54, 1.807) is 6.20 Å². The first-order valence-electron chi connectivity index (χ1n) is 5.38. The molecule has 1 aliphatic carbocycles. The number of carbonyl (C=O) groups is 1. The molecule has 0 amide bonds. The van der Waals surface area contributed by atoms with Gasteiger partial charge in [0.2, 0.25) is 0 Å². The molecule has 1 N–H and O–H groups in total. The molecule has 0 aliphatic heterocycles. The number of halogens is 1. The maximum atomic E-state index is 10.9. The lowest BCUT2D eigenvalue weighted by molar-refractivity contribution is -0.139. The van der Waals surface area contributed by atoms with E-state index in [0.29, 0.717) is 5.15 Å². The van der Waals surface area contributed by atoms with Crippen molar-refractivity contribution < 1.29 is 9.90 Å². The van der Waals surface area contributed by atoms with Crippen molar-refractivity contribution in [2.24, 2.45) is 0 Å². The van der Waals surface area contributed by atoms with Crippen molar-refractivity contribution in [1.29, 1.82) is 0 Å². The van der Waals surface area contributed by atoms with E-state index < -0.39 is 5.97 Å². The minimum absolute atomic E-state index is 0.190. The highest BCUT2D eigenvalue weighted by Crippen LogP contribution is 2.46. The molecule has 0 aromatic carbocycles. The number of hydrogen-bond acceptors (Lipinski definition) is 2. The van der Waals surface area contributed by atoms with Gasteiger partial charge in [0.15, 0.2) is 0 Å². The summed E-state index contributed by atoms with van der Waals surface area (Å²) in [5.74, 6) is -0.743. The van der Waals surface area contributed by atoms with Crippen molar-refractivity contribution in [1.82, 2.24) is 4.98 Å². The van der Waals surface area contributed by atoms with Crippen LogP contribution in [0.4, 0.5) is 0 Å². The van der Waals surface area contributed by atoms with E-state index in [4.69, 9.17) is 16.7 Å². The second-order valence-electron chi connectivity index (χ2n) is 4.54. The number of carboxylic acid groups (broad SMARTS) is 1. The fraction of sp³-hybridized carbons (Fsp3) is 0.500. The molecule has 1 aromatic rings. The predicted octanol–water partition coefficient (Wildman–Crippen LogP) is 2.94. The lowest BCUT2D eigenvalue weighted by Gasteiger charge is -2.41. The van der Waals surface area contributed by atoms with E-state index in [2.05, 4.69) is 4.98 Å².